The Morgan fingerprint density at radius 2 is 1.83 bits per heavy atom. The monoisotopic (exact) mass is 172 g/mol. The number of carbonyl (C=O) groups excluding carboxylic acids is 1. The molecule has 2 heteroatoms. The highest BCUT2D eigenvalue weighted by molar-refractivity contribution is 5.49. The van der Waals surface area contributed by atoms with E-state index in [1.807, 2.05) is 0 Å². The molecule has 0 aromatic carbocycles. The molecule has 0 aromatic rings. The van der Waals surface area contributed by atoms with Crippen molar-refractivity contribution in [2.45, 2.75) is 46.1 Å². The van der Waals surface area contributed by atoms with E-state index in [-0.39, 0.29) is 6.42 Å². The molecule has 1 N–H and O–H groups in total. The first-order valence-corrected chi connectivity index (χ1v) is 4.68. The molecule has 2 nitrogen and oxygen atoms in total. The predicted molar refractivity (Wildman–Crippen MR) is 49.9 cm³/mol. The van der Waals surface area contributed by atoms with E-state index >= 15 is 0 Å². The average molecular weight is 172 g/mol. The third-order valence-corrected chi connectivity index (χ3v) is 1.92. The Morgan fingerprint density at radius 3 is 2.25 bits per heavy atom. The molecule has 0 aromatic heterocycles. The summed E-state index contributed by atoms with van der Waals surface area (Å²) in [7, 11) is 0. The standard InChI is InChI=1S/C10H20O2/c1-8(2)6-9(3)7-10(12)4-5-11/h5,8-10,12H,4,6-7H2,1-3H3. The van der Waals surface area contributed by atoms with Crippen molar-refractivity contribution in [2.24, 2.45) is 11.8 Å². The van der Waals surface area contributed by atoms with E-state index in [0.717, 1.165) is 19.1 Å². The number of hydrogen-bond acceptors (Lipinski definition) is 2. The van der Waals surface area contributed by atoms with E-state index in [1.165, 1.54) is 0 Å². The zero-order valence-electron chi connectivity index (χ0n) is 8.29. The minimum Gasteiger partial charge on any atom is -0.393 e. The SMILES string of the molecule is CC(C)CC(C)CC(O)CC=O. The van der Waals surface area contributed by atoms with Gasteiger partial charge in [-0.05, 0) is 24.7 Å². The van der Waals surface area contributed by atoms with Gasteiger partial charge in [-0.3, -0.25) is 0 Å². The molecule has 0 fully saturated rings. The summed E-state index contributed by atoms with van der Waals surface area (Å²) in [5.41, 5.74) is 0. The minimum absolute atomic E-state index is 0.280. The Kier molecular flexibility index (Phi) is 5.99. The van der Waals surface area contributed by atoms with Crippen LogP contribution in [0.2, 0.25) is 0 Å². The molecule has 0 aliphatic carbocycles. The van der Waals surface area contributed by atoms with Gasteiger partial charge >= 0.3 is 0 Å². The Bertz CT molecular complexity index is 121. The van der Waals surface area contributed by atoms with Crippen molar-refractivity contribution in [3.05, 3.63) is 0 Å². The second-order valence-electron chi connectivity index (χ2n) is 4.03. The fourth-order valence-electron chi connectivity index (χ4n) is 1.57. The van der Waals surface area contributed by atoms with Gasteiger partial charge < -0.3 is 9.90 Å². The molecule has 0 heterocycles. The molecule has 2 atom stereocenters. The van der Waals surface area contributed by atoms with Gasteiger partial charge in [0.1, 0.15) is 6.29 Å². The zero-order valence-corrected chi connectivity index (χ0v) is 8.29. The molecule has 0 aliphatic heterocycles. The Labute approximate surface area is 75.0 Å². The summed E-state index contributed by atoms with van der Waals surface area (Å²) in [5, 5.41) is 9.30. The highest BCUT2D eigenvalue weighted by atomic mass is 16.3. The van der Waals surface area contributed by atoms with E-state index < -0.39 is 6.10 Å². The Morgan fingerprint density at radius 1 is 1.25 bits per heavy atom. The van der Waals surface area contributed by atoms with Gasteiger partial charge in [0.15, 0.2) is 0 Å². The third kappa shape index (κ3) is 6.35. The summed E-state index contributed by atoms with van der Waals surface area (Å²) in [4.78, 5) is 10.1. The summed E-state index contributed by atoms with van der Waals surface area (Å²) in [6.45, 7) is 6.46. The van der Waals surface area contributed by atoms with Crippen LogP contribution >= 0.6 is 0 Å². The van der Waals surface area contributed by atoms with Gasteiger partial charge in [0.25, 0.3) is 0 Å². The maximum Gasteiger partial charge on any atom is 0.122 e. The lowest BCUT2D eigenvalue weighted by atomic mass is 9.93. The zero-order chi connectivity index (χ0) is 9.56. The van der Waals surface area contributed by atoms with Gasteiger partial charge in [-0.15, -0.1) is 0 Å². The first-order valence-electron chi connectivity index (χ1n) is 4.68. The van der Waals surface area contributed by atoms with Crippen LogP contribution in [0.4, 0.5) is 0 Å². The van der Waals surface area contributed by atoms with Crippen LogP contribution in [0.5, 0.6) is 0 Å². The summed E-state index contributed by atoms with van der Waals surface area (Å²) < 4.78 is 0. The van der Waals surface area contributed by atoms with Gasteiger partial charge in [0.2, 0.25) is 0 Å². The van der Waals surface area contributed by atoms with Crippen molar-refractivity contribution in [3.8, 4) is 0 Å². The highest BCUT2D eigenvalue weighted by Crippen LogP contribution is 2.16. The van der Waals surface area contributed by atoms with Crippen molar-refractivity contribution >= 4 is 6.29 Å². The van der Waals surface area contributed by atoms with E-state index in [9.17, 15) is 9.90 Å². The van der Waals surface area contributed by atoms with Crippen molar-refractivity contribution in [1.82, 2.24) is 0 Å². The van der Waals surface area contributed by atoms with Crippen molar-refractivity contribution in [1.29, 1.82) is 0 Å². The normalized spacial score (nSPS) is 16.1. The first-order chi connectivity index (χ1) is 5.56. The summed E-state index contributed by atoms with van der Waals surface area (Å²) >= 11 is 0. The minimum atomic E-state index is -0.434. The molecular formula is C10H20O2. The molecule has 0 amide bonds. The third-order valence-electron chi connectivity index (χ3n) is 1.92. The van der Waals surface area contributed by atoms with E-state index in [0.29, 0.717) is 11.8 Å². The maximum absolute atomic E-state index is 10.1. The van der Waals surface area contributed by atoms with Crippen LogP contribution in [-0.2, 0) is 4.79 Å². The van der Waals surface area contributed by atoms with Gasteiger partial charge in [-0.2, -0.15) is 0 Å². The van der Waals surface area contributed by atoms with Crippen LogP contribution in [0.25, 0.3) is 0 Å². The van der Waals surface area contributed by atoms with Gasteiger partial charge in [0, 0.05) is 6.42 Å². The second-order valence-corrected chi connectivity index (χ2v) is 4.03. The number of aliphatic hydroxyl groups excluding tert-OH is 1. The van der Waals surface area contributed by atoms with Crippen LogP contribution < -0.4 is 0 Å². The molecule has 12 heavy (non-hydrogen) atoms. The Balaban J connectivity index is 3.53. The van der Waals surface area contributed by atoms with Crippen LogP contribution in [0.1, 0.15) is 40.0 Å². The smallest absolute Gasteiger partial charge is 0.122 e. The lowest BCUT2D eigenvalue weighted by molar-refractivity contribution is -0.109. The molecule has 0 bridgehead atoms. The summed E-state index contributed by atoms with van der Waals surface area (Å²) in [6, 6.07) is 0. The molecule has 72 valence electrons. The molecular weight excluding hydrogens is 152 g/mol. The number of aliphatic hydroxyl groups is 1. The number of carbonyl (C=O) groups is 1. The molecule has 0 saturated heterocycles. The Hall–Kier alpha value is -0.370. The van der Waals surface area contributed by atoms with Gasteiger partial charge in [-0.25, -0.2) is 0 Å². The van der Waals surface area contributed by atoms with Gasteiger partial charge in [-0.1, -0.05) is 20.8 Å². The molecule has 0 radical (unpaired) electrons. The lowest BCUT2D eigenvalue weighted by Crippen LogP contribution is -2.13. The topological polar surface area (TPSA) is 37.3 Å². The maximum atomic E-state index is 10.1. The number of aldehydes is 1. The second kappa shape index (κ2) is 6.18. The van der Waals surface area contributed by atoms with Crippen LogP contribution in [0.15, 0.2) is 0 Å². The van der Waals surface area contributed by atoms with Crippen LogP contribution in [0.3, 0.4) is 0 Å². The van der Waals surface area contributed by atoms with Crippen molar-refractivity contribution in [2.75, 3.05) is 0 Å². The van der Waals surface area contributed by atoms with Crippen LogP contribution in [0, 0.1) is 11.8 Å². The highest BCUT2D eigenvalue weighted by Gasteiger charge is 2.10. The first kappa shape index (κ1) is 11.6. The summed E-state index contributed by atoms with van der Waals surface area (Å²) in [6.07, 6.45) is 2.50. The quantitative estimate of drug-likeness (QED) is 0.622. The van der Waals surface area contributed by atoms with Crippen molar-refractivity contribution < 1.29 is 9.90 Å². The fourth-order valence-corrected chi connectivity index (χ4v) is 1.57. The van der Waals surface area contributed by atoms with Crippen LogP contribution in [-0.4, -0.2) is 17.5 Å². The molecule has 0 saturated carbocycles. The molecule has 0 spiro atoms. The largest absolute Gasteiger partial charge is 0.393 e. The van der Waals surface area contributed by atoms with E-state index in [1.54, 1.807) is 0 Å². The average Bonchev–Trinajstić information content (AvgIpc) is 1.84. The number of rotatable bonds is 6. The summed E-state index contributed by atoms with van der Waals surface area (Å²) in [5.74, 6) is 1.18. The van der Waals surface area contributed by atoms with E-state index in [2.05, 4.69) is 20.8 Å². The fraction of sp³-hybridized carbons (Fsp3) is 0.900. The lowest BCUT2D eigenvalue weighted by Gasteiger charge is -2.16. The predicted octanol–water partition coefficient (Wildman–Crippen LogP) is 2.01. The molecule has 2 unspecified atom stereocenters. The molecule has 0 rings (SSSR count). The van der Waals surface area contributed by atoms with Crippen molar-refractivity contribution in [3.63, 3.8) is 0 Å². The van der Waals surface area contributed by atoms with Gasteiger partial charge in [0.05, 0.1) is 6.10 Å². The number of hydrogen-bond donors (Lipinski definition) is 1. The van der Waals surface area contributed by atoms with E-state index in [4.69, 9.17) is 0 Å². The molecule has 0 aliphatic rings.